The number of aromatic nitrogens is 3. The summed E-state index contributed by atoms with van der Waals surface area (Å²) in [6.07, 6.45) is 8.59. The lowest BCUT2D eigenvalue weighted by molar-refractivity contribution is -0.117. The molecule has 1 amide bonds. The largest absolute Gasteiger partial charge is 0.310 e. The van der Waals surface area contributed by atoms with Gasteiger partial charge in [0.2, 0.25) is 5.91 Å². The maximum Gasteiger partial charge on any atom is 0.232 e. The number of carbonyl (C=O) groups is 1. The first-order chi connectivity index (χ1) is 13.5. The molecule has 2 fully saturated rings. The molecule has 1 spiro atoms. The highest BCUT2D eigenvalue weighted by molar-refractivity contribution is 5.96. The van der Waals surface area contributed by atoms with Crippen molar-refractivity contribution in [1.82, 2.24) is 14.8 Å². The number of rotatable bonds is 4. The standard InChI is InChI=1S/C22H21N5O/c1-14(17-10-25-27(2)11-17)20(28)26-19-8-16-7-18(4-3-15(16)9-24-19)22(13-23)12-21(22)5-6-21/h3-4,7-11,14H,5-6,12H2,1-2H3,(H,24,26,28). The summed E-state index contributed by atoms with van der Waals surface area (Å²) >= 11 is 0. The SMILES string of the molecule is CC(C(=O)Nc1cc2cc(C3(C#N)CC34CC4)ccc2cn1)c1cnn(C)c1. The van der Waals surface area contributed by atoms with Crippen LogP contribution in [0, 0.1) is 16.7 Å². The van der Waals surface area contributed by atoms with E-state index < -0.39 is 0 Å². The smallest absolute Gasteiger partial charge is 0.232 e. The number of nitrogens with zero attached hydrogens (tertiary/aromatic N) is 4. The van der Waals surface area contributed by atoms with Gasteiger partial charge in [0, 0.05) is 30.4 Å². The third-order valence-corrected chi connectivity index (χ3v) is 6.51. The number of fused-ring (bicyclic) bond motifs is 1. The molecule has 3 aromatic rings. The van der Waals surface area contributed by atoms with Gasteiger partial charge in [-0.25, -0.2) is 4.98 Å². The molecular weight excluding hydrogens is 350 g/mol. The summed E-state index contributed by atoms with van der Waals surface area (Å²) in [5, 5.41) is 18.8. The van der Waals surface area contributed by atoms with Gasteiger partial charge in [-0.3, -0.25) is 9.48 Å². The van der Waals surface area contributed by atoms with Gasteiger partial charge >= 0.3 is 0 Å². The Kier molecular flexibility index (Phi) is 3.42. The maximum absolute atomic E-state index is 12.6. The lowest BCUT2D eigenvalue weighted by Gasteiger charge is -2.12. The van der Waals surface area contributed by atoms with Crippen molar-refractivity contribution in [2.24, 2.45) is 12.5 Å². The molecule has 140 valence electrons. The fourth-order valence-electron chi connectivity index (χ4n) is 4.37. The molecule has 1 N–H and O–H groups in total. The van der Waals surface area contributed by atoms with Crippen molar-refractivity contribution in [3.63, 3.8) is 0 Å². The van der Waals surface area contributed by atoms with Crippen LogP contribution in [0.5, 0.6) is 0 Å². The van der Waals surface area contributed by atoms with Gasteiger partial charge in [0.15, 0.2) is 0 Å². The molecule has 0 aliphatic heterocycles. The molecular formula is C22H21N5O. The van der Waals surface area contributed by atoms with E-state index in [0.717, 1.165) is 41.2 Å². The quantitative estimate of drug-likeness (QED) is 0.759. The van der Waals surface area contributed by atoms with Crippen LogP contribution in [-0.4, -0.2) is 20.7 Å². The molecule has 2 atom stereocenters. The number of amides is 1. The number of benzene rings is 1. The number of nitrogens with one attached hydrogen (secondary N) is 1. The lowest BCUT2D eigenvalue weighted by Crippen LogP contribution is -2.19. The van der Waals surface area contributed by atoms with Gasteiger partial charge in [0.05, 0.1) is 23.6 Å². The van der Waals surface area contributed by atoms with Crippen molar-refractivity contribution in [3.8, 4) is 6.07 Å². The summed E-state index contributed by atoms with van der Waals surface area (Å²) in [6.45, 7) is 1.85. The summed E-state index contributed by atoms with van der Waals surface area (Å²) in [4.78, 5) is 17.0. The van der Waals surface area contributed by atoms with E-state index >= 15 is 0 Å². The topological polar surface area (TPSA) is 83.6 Å². The molecule has 6 heteroatoms. The van der Waals surface area contributed by atoms with E-state index in [9.17, 15) is 10.1 Å². The Morgan fingerprint density at radius 2 is 2.11 bits per heavy atom. The van der Waals surface area contributed by atoms with Crippen LogP contribution in [0.3, 0.4) is 0 Å². The molecule has 0 bridgehead atoms. The Bertz CT molecular complexity index is 1150. The van der Waals surface area contributed by atoms with Gasteiger partial charge in [-0.1, -0.05) is 12.1 Å². The van der Waals surface area contributed by atoms with Crippen molar-refractivity contribution in [1.29, 1.82) is 5.26 Å². The van der Waals surface area contributed by atoms with Crippen molar-refractivity contribution in [2.75, 3.05) is 5.32 Å². The van der Waals surface area contributed by atoms with Crippen molar-refractivity contribution < 1.29 is 4.79 Å². The van der Waals surface area contributed by atoms with E-state index in [1.165, 1.54) is 0 Å². The molecule has 2 aliphatic rings. The number of hydrogen-bond donors (Lipinski definition) is 1. The zero-order valence-electron chi connectivity index (χ0n) is 15.9. The van der Waals surface area contributed by atoms with Crippen LogP contribution in [-0.2, 0) is 17.3 Å². The third kappa shape index (κ3) is 2.43. The van der Waals surface area contributed by atoms with Crippen molar-refractivity contribution in [3.05, 3.63) is 54.0 Å². The monoisotopic (exact) mass is 371 g/mol. The van der Waals surface area contributed by atoms with Gasteiger partial charge < -0.3 is 5.32 Å². The van der Waals surface area contributed by atoms with Crippen molar-refractivity contribution in [2.45, 2.75) is 37.5 Å². The molecule has 0 radical (unpaired) electrons. The van der Waals surface area contributed by atoms with E-state index in [-0.39, 0.29) is 22.7 Å². The highest BCUT2D eigenvalue weighted by atomic mass is 16.1. The number of pyridine rings is 1. The molecule has 2 aliphatic carbocycles. The van der Waals surface area contributed by atoms with Crippen LogP contribution in [0.4, 0.5) is 5.82 Å². The number of anilines is 1. The van der Waals surface area contributed by atoms with Gasteiger partial charge in [-0.2, -0.15) is 10.4 Å². The maximum atomic E-state index is 12.6. The zero-order valence-corrected chi connectivity index (χ0v) is 15.9. The Labute approximate surface area is 163 Å². The first kappa shape index (κ1) is 16.9. The number of aryl methyl sites for hydroxylation is 1. The Hall–Kier alpha value is -3.20. The first-order valence-corrected chi connectivity index (χ1v) is 9.57. The van der Waals surface area contributed by atoms with E-state index in [1.54, 1.807) is 17.1 Å². The second-order valence-electron chi connectivity index (χ2n) is 8.26. The second kappa shape index (κ2) is 5.65. The lowest BCUT2D eigenvalue weighted by atomic mass is 9.92. The van der Waals surface area contributed by atoms with E-state index in [0.29, 0.717) is 5.82 Å². The molecule has 28 heavy (non-hydrogen) atoms. The van der Waals surface area contributed by atoms with Crippen LogP contribution < -0.4 is 5.32 Å². The van der Waals surface area contributed by atoms with Gasteiger partial charge in [0.25, 0.3) is 0 Å². The van der Waals surface area contributed by atoms with E-state index in [4.69, 9.17) is 0 Å². The molecule has 2 unspecified atom stereocenters. The fourth-order valence-corrected chi connectivity index (χ4v) is 4.37. The minimum Gasteiger partial charge on any atom is -0.310 e. The van der Waals surface area contributed by atoms with E-state index in [2.05, 4.69) is 33.6 Å². The number of hydrogen-bond acceptors (Lipinski definition) is 4. The van der Waals surface area contributed by atoms with Crippen LogP contribution in [0.2, 0.25) is 0 Å². The van der Waals surface area contributed by atoms with Crippen LogP contribution in [0.1, 0.15) is 43.2 Å². The third-order valence-electron chi connectivity index (χ3n) is 6.51. The predicted octanol–water partition coefficient (Wildman–Crippen LogP) is 3.66. The molecule has 2 saturated carbocycles. The summed E-state index contributed by atoms with van der Waals surface area (Å²) in [6, 6.07) is 10.6. The molecule has 5 rings (SSSR count). The van der Waals surface area contributed by atoms with Crippen LogP contribution >= 0.6 is 0 Å². The predicted molar refractivity (Wildman–Crippen MR) is 106 cm³/mol. The average Bonchev–Trinajstić information content (AvgIpc) is 3.57. The highest BCUT2D eigenvalue weighted by Gasteiger charge is 2.75. The molecule has 2 heterocycles. The van der Waals surface area contributed by atoms with E-state index in [1.807, 2.05) is 32.3 Å². The molecule has 0 saturated heterocycles. The average molecular weight is 371 g/mol. The minimum absolute atomic E-state index is 0.122. The minimum atomic E-state index is -0.319. The summed E-state index contributed by atoms with van der Waals surface area (Å²) in [7, 11) is 1.83. The van der Waals surface area contributed by atoms with Crippen LogP contribution in [0.25, 0.3) is 10.8 Å². The second-order valence-corrected chi connectivity index (χ2v) is 8.26. The van der Waals surface area contributed by atoms with Crippen molar-refractivity contribution >= 4 is 22.5 Å². The normalized spacial score (nSPS) is 22.6. The Balaban J connectivity index is 1.41. The zero-order chi connectivity index (χ0) is 19.5. The highest BCUT2D eigenvalue weighted by Crippen LogP contribution is 2.78. The van der Waals surface area contributed by atoms with Gasteiger partial charge in [-0.15, -0.1) is 0 Å². The summed E-state index contributed by atoms with van der Waals surface area (Å²) < 4.78 is 1.68. The summed E-state index contributed by atoms with van der Waals surface area (Å²) in [5.41, 5.74) is 1.87. The first-order valence-electron chi connectivity index (χ1n) is 9.57. The number of nitriles is 1. The molecule has 1 aromatic carbocycles. The summed E-state index contributed by atoms with van der Waals surface area (Å²) in [5.74, 6) is 0.0811. The van der Waals surface area contributed by atoms with Gasteiger partial charge in [-0.05, 0) is 54.7 Å². The fraction of sp³-hybridized carbons (Fsp3) is 0.364. The molecule has 2 aromatic heterocycles. The van der Waals surface area contributed by atoms with Gasteiger partial charge in [0.1, 0.15) is 5.82 Å². The Morgan fingerprint density at radius 3 is 2.75 bits per heavy atom. The molecule has 6 nitrogen and oxygen atoms in total. The number of carbonyl (C=O) groups excluding carboxylic acids is 1. The Morgan fingerprint density at radius 1 is 1.29 bits per heavy atom. The van der Waals surface area contributed by atoms with Crippen LogP contribution in [0.15, 0.2) is 42.9 Å².